The number of ether oxygens (including phenoxy) is 1. The smallest absolute Gasteiger partial charge is 0.407 e. The molecule has 1 aromatic carbocycles. The molecule has 2 amide bonds. The highest BCUT2D eigenvalue weighted by molar-refractivity contribution is 7.13. The third kappa shape index (κ3) is 3.58. The Labute approximate surface area is 156 Å². The van der Waals surface area contributed by atoms with Gasteiger partial charge < -0.3 is 15.0 Å². The Kier molecular flexibility index (Phi) is 4.63. The van der Waals surface area contributed by atoms with Crippen LogP contribution in [0.25, 0.3) is 10.6 Å². The molecule has 6 nitrogen and oxygen atoms in total. The number of carbonyl (C=O) groups is 2. The van der Waals surface area contributed by atoms with E-state index in [2.05, 4.69) is 10.3 Å². The van der Waals surface area contributed by atoms with Gasteiger partial charge in [0, 0.05) is 30.5 Å². The molecule has 0 aliphatic carbocycles. The van der Waals surface area contributed by atoms with Gasteiger partial charge in [0.2, 0.25) is 5.91 Å². The standard InChI is InChI=1S/C19H21N3O3S/c23-16(11-15-12-26-17(21-15)14-5-2-1-3-6-14)22-9-4-7-19(8-10-22)13-20-18(24)25-19/h1-3,5-6,12H,4,7-11,13H2,(H,20,24)/t19-/m0/s1. The molecule has 3 heterocycles. The van der Waals surface area contributed by atoms with E-state index in [9.17, 15) is 9.59 Å². The highest BCUT2D eigenvalue weighted by atomic mass is 32.1. The normalized spacial score (nSPS) is 22.8. The third-order valence-corrected chi connectivity index (χ3v) is 5.96. The van der Waals surface area contributed by atoms with Gasteiger partial charge >= 0.3 is 6.09 Å². The number of aromatic nitrogens is 1. The molecule has 2 aromatic rings. The molecule has 0 saturated carbocycles. The number of amides is 2. The quantitative estimate of drug-likeness (QED) is 0.901. The number of hydrogen-bond donors (Lipinski definition) is 1. The summed E-state index contributed by atoms with van der Waals surface area (Å²) < 4.78 is 5.47. The highest BCUT2D eigenvalue weighted by Crippen LogP contribution is 2.30. The van der Waals surface area contributed by atoms with Crippen molar-refractivity contribution >= 4 is 23.3 Å². The number of carbonyl (C=O) groups excluding carboxylic acids is 2. The topological polar surface area (TPSA) is 71.5 Å². The van der Waals surface area contributed by atoms with E-state index >= 15 is 0 Å². The van der Waals surface area contributed by atoms with Gasteiger partial charge in [-0.3, -0.25) is 4.79 Å². The van der Waals surface area contributed by atoms with Crippen LogP contribution >= 0.6 is 11.3 Å². The zero-order chi connectivity index (χ0) is 18.0. The average molecular weight is 371 g/mol. The van der Waals surface area contributed by atoms with Crippen molar-refractivity contribution < 1.29 is 14.3 Å². The molecule has 0 radical (unpaired) electrons. The fraction of sp³-hybridized carbons (Fsp3) is 0.421. The molecule has 1 aromatic heterocycles. The highest BCUT2D eigenvalue weighted by Gasteiger charge is 2.41. The summed E-state index contributed by atoms with van der Waals surface area (Å²) in [6, 6.07) is 9.99. The number of thiazole rings is 1. The van der Waals surface area contributed by atoms with E-state index in [4.69, 9.17) is 4.74 Å². The molecule has 2 fully saturated rings. The zero-order valence-electron chi connectivity index (χ0n) is 14.4. The van der Waals surface area contributed by atoms with Crippen molar-refractivity contribution in [1.29, 1.82) is 0 Å². The minimum absolute atomic E-state index is 0.0873. The van der Waals surface area contributed by atoms with Crippen molar-refractivity contribution in [2.45, 2.75) is 31.3 Å². The second kappa shape index (κ2) is 7.07. The van der Waals surface area contributed by atoms with Crippen LogP contribution in [0.15, 0.2) is 35.7 Å². The van der Waals surface area contributed by atoms with Gasteiger partial charge in [-0.2, -0.15) is 0 Å². The van der Waals surface area contributed by atoms with Gasteiger partial charge in [-0.1, -0.05) is 30.3 Å². The lowest BCUT2D eigenvalue weighted by molar-refractivity contribution is -0.130. The van der Waals surface area contributed by atoms with E-state index in [1.165, 1.54) is 0 Å². The summed E-state index contributed by atoms with van der Waals surface area (Å²) in [5.41, 5.74) is 1.45. The van der Waals surface area contributed by atoms with Crippen LogP contribution < -0.4 is 5.32 Å². The summed E-state index contributed by atoms with van der Waals surface area (Å²) in [7, 11) is 0. The Morgan fingerprint density at radius 2 is 2.12 bits per heavy atom. The Balaban J connectivity index is 1.38. The van der Waals surface area contributed by atoms with Crippen LogP contribution in [0.2, 0.25) is 0 Å². The predicted molar refractivity (Wildman–Crippen MR) is 98.9 cm³/mol. The van der Waals surface area contributed by atoms with Crippen LogP contribution in [0.5, 0.6) is 0 Å². The Morgan fingerprint density at radius 3 is 2.88 bits per heavy atom. The van der Waals surface area contributed by atoms with Crippen LogP contribution in [0.4, 0.5) is 4.79 Å². The lowest BCUT2D eigenvalue weighted by Crippen LogP contribution is -2.37. The van der Waals surface area contributed by atoms with Gasteiger partial charge in [0.1, 0.15) is 10.6 Å². The van der Waals surface area contributed by atoms with Crippen molar-refractivity contribution in [2.75, 3.05) is 19.6 Å². The maximum absolute atomic E-state index is 12.7. The molecular formula is C19H21N3O3S. The van der Waals surface area contributed by atoms with E-state index < -0.39 is 5.60 Å². The third-order valence-electron chi connectivity index (χ3n) is 5.02. The van der Waals surface area contributed by atoms with Gasteiger partial charge in [0.05, 0.1) is 18.7 Å². The maximum atomic E-state index is 12.7. The van der Waals surface area contributed by atoms with Gasteiger partial charge in [0.15, 0.2) is 0 Å². The van der Waals surface area contributed by atoms with Crippen LogP contribution in [-0.4, -0.2) is 47.1 Å². The SMILES string of the molecule is O=C1NC[C@@]2(CCCN(C(=O)Cc3csc(-c4ccccc4)n3)CC2)O1. The molecule has 2 aliphatic heterocycles. The van der Waals surface area contributed by atoms with Gasteiger partial charge in [-0.25, -0.2) is 9.78 Å². The lowest BCUT2D eigenvalue weighted by Gasteiger charge is -2.24. The number of nitrogens with one attached hydrogen (secondary N) is 1. The number of nitrogens with zero attached hydrogens (tertiary/aromatic N) is 2. The van der Waals surface area contributed by atoms with Crippen LogP contribution in [0.3, 0.4) is 0 Å². The van der Waals surface area contributed by atoms with E-state index in [-0.39, 0.29) is 12.0 Å². The fourth-order valence-electron chi connectivity index (χ4n) is 3.57. The monoisotopic (exact) mass is 371 g/mol. The molecule has 136 valence electrons. The Morgan fingerprint density at radius 1 is 1.27 bits per heavy atom. The molecule has 1 atom stereocenters. The van der Waals surface area contributed by atoms with E-state index in [0.717, 1.165) is 29.1 Å². The number of hydrogen-bond acceptors (Lipinski definition) is 5. The summed E-state index contributed by atoms with van der Waals surface area (Å²) in [4.78, 5) is 30.6. The largest absolute Gasteiger partial charge is 0.441 e. The fourth-order valence-corrected chi connectivity index (χ4v) is 4.39. The van der Waals surface area contributed by atoms with E-state index in [0.29, 0.717) is 32.5 Å². The summed E-state index contributed by atoms with van der Waals surface area (Å²) in [6.07, 6.45) is 2.29. The molecule has 4 rings (SSSR count). The molecule has 0 bridgehead atoms. The molecule has 1 spiro atoms. The molecule has 1 N–H and O–H groups in total. The molecule has 2 aliphatic rings. The minimum atomic E-state index is -0.437. The van der Waals surface area contributed by atoms with Crippen LogP contribution in [0.1, 0.15) is 25.0 Å². The summed E-state index contributed by atoms with van der Waals surface area (Å²) >= 11 is 1.56. The molecule has 7 heteroatoms. The van der Waals surface area contributed by atoms with Crippen LogP contribution in [0, 0.1) is 0 Å². The first-order valence-corrected chi connectivity index (χ1v) is 9.76. The van der Waals surface area contributed by atoms with Gasteiger partial charge in [-0.15, -0.1) is 11.3 Å². The molecule has 0 unspecified atom stereocenters. The van der Waals surface area contributed by atoms with Crippen molar-refractivity contribution in [3.8, 4) is 10.6 Å². The first kappa shape index (κ1) is 17.0. The van der Waals surface area contributed by atoms with Crippen molar-refractivity contribution in [3.63, 3.8) is 0 Å². The van der Waals surface area contributed by atoms with Crippen molar-refractivity contribution in [2.24, 2.45) is 0 Å². The zero-order valence-corrected chi connectivity index (χ0v) is 15.3. The Hall–Kier alpha value is -2.41. The first-order chi connectivity index (χ1) is 12.6. The van der Waals surface area contributed by atoms with Crippen molar-refractivity contribution in [3.05, 3.63) is 41.4 Å². The number of rotatable bonds is 3. The summed E-state index contributed by atoms with van der Waals surface area (Å²) in [5.74, 6) is 0.0873. The second-order valence-corrected chi connectivity index (χ2v) is 7.71. The molecular weight excluding hydrogens is 350 g/mol. The number of alkyl carbamates (subject to hydrolysis) is 1. The summed E-state index contributed by atoms with van der Waals surface area (Å²) in [5, 5.41) is 5.63. The Bertz CT molecular complexity index is 807. The first-order valence-electron chi connectivity index (χ1n) is 8.88. The molecule has 2 saturated heterocycles. The van der Waals surface area contributed by atoms with Crippen molar-refractivity contribution in [1.82, 2.24) is 15.2 Å². The number of likely N-dealkylation sites (tertiary alicyclic amines) is 1. The number of benzene rings is 1. The van der Waals surface area contributed by atoms with E-state index in [1.807, 2.05) is 40.6 Å². The maximum Gasteiger partial charge on any atom is 0.407 e. The van der Waals surface area contributed by atoms with E-state index in [1.54, 1.807) is 11.3 Å². The minimum Gasteiger partial charge on any atom is -0.441 e. The van der Waals surface area contributed by atoms with Gasteiger partial charge in [-0.05, 0) is 12.8 Å². The summed E-state index contributed by atoms with van der Waals surface area (Å²) in [6.45, 7) is 1.86. The van der Waals surface area contributed by atoms with Crippen LogP contribution in [-0.2, 0) is 16.0 Å². The van der Waals surface area contributed by atoms with Gasteiger partial charge in [0.25, 0.3) is 0 Å². The second-order valence-electron chi connectivity index (χ2n) is 6.85. The molecule has 26 heavy (non-hydrogen) atoms. The lowest BCUT2D eigenvalue weighted by atomic mass is 9.95. The average Bonchev–Trinajstić information content (AvgIpc) is 3.19. The predicted octanol–water partition coefficient (Wildman–Crippen LogP) is 2.84.